The summed E-state index contributed by atoms with van der Waals surface area (Å²) in [6, 6.07) is 7.32. The van der Waals surface area contributed by atoms with Crippen molar-refractivity contribution in [3.63, 3.8) is 0 Å². The van der Waals surface area contributed by atoms with Crippen LogP contribution in [-0.4, -0.2) is 84.3 Å². The number of rotatable bonds is 19. The highest BCUT2D eigenvalue weighted by Crippen LogP contribution is 2.42. The summed E-state index contributed by atoms with van der Waals surface area (Å²) in [5.41, 5.74) is 0.808. The summed E-state index contributed by atoms with van der Waals surface area (Å²) in [6.07, 6.45) is 3.47. The molecule has 0 saturated heterocycles. The van der Waals surface area contributed by atoms with Crippen LogP contribution in [0.3, 0.4) is 0 Å². The molecule has 3 N–H and O–H groups in total. The van der Waals surface area contributed by atoms with E-state index in [2.05, 4.69) is 25.4 Å². The van der Waals surface area contributed by atoms with E-state index in [0.717, 1.165) is 31.4 Å². The van der Waals surface area contributed by atoms with E-state index in [0.29, 0.717) is 50.1 Å². The van der Waals surface area contributed by atoms with E-state index in [-0.39, 0.29) is 12.5 Å². The van der Waals surface area contributed by atoms with Gasteiger partial charge in [0.1, 0.15) is 19.0 Å². The second-order valence-electron chi connectivity index (χ2n) is 7.17. The van der Waals surface area contributed by atoms with Crippen LogP contribution in [0.4, 0.5) is 0 Å². The maximum Gasteiger partial charge on any atom is 0.324 e. The molecule has 0 radical (unpaired) electrons. The number of H-pyrrole nitrogens is 1. The summed E-state index contributed by atoms with van der Waals surface area (Å²) in [4.78, 5) is 21.2. The molecule has 12 nitrogen and oxygen atoms in total. The van der Waals surface area contributed by atoms with E-state index >= 15 is 0 Å². The molecule has 1 unspecified atom stereocenters. The van der Waals surface area contributed by atoms with E-state index in [4.69, 9.17) is 42.8 Å². The van der Waals surface area contributed by atoms with Gasteiger partial charge in [-0.25, -0.2) is 4.68 Å². The molecule has 1 heterocycles. The van der Waals surface area contributed by atoms with E-state index in [1.807, 2.05) is 24.3 Å². The standard InChI is InChI=1S/C20H32N5O7PS2/c1-28-33(27,35)32-11-5-3-2-4-10-21-19(26)16-30-13-12-29-14-15-31-18-8-6-17(7-9-18)25-20(34)22-23-24-25/h6-9H,2-5,10-16H2,1H3,(H,21,26)(H,27,35)(H,22,24,34). The molecule has 15 heteroatoms. The van der Waals surface area contributed by atoms with Gasteiger partial charge in [0.2, 0.25) is 10.7 Å². The number of carbonyl (C=O) groups is 1. The Morgan fingerprint density at radius 3 is 2.51 bits per heavy atom. The third-order valence-electron chi connectivity index (χ3n) is 4.55. The highest BCUT2D eigenvalue weighted by molar-refractivity contribution is 8.07. The molecule has 2 rings (SSSR count). The molecule has 2 aromatic rings. The first-order valence-electron chi connectivity index (χ1n) is 11.1. The number of unbranched alkanes of at least 4 members (excludes halogenated alkanes) is 3. The van der Waals surface area contributed by atoms with Crippen molar-refractivity contribution in [1.29, 1.82) is 0 Å². The maximum absolute atomic E-state index is 11.7. The van der Waals surface area contributed by atoms with Crippen molar-refractivity contribution in [3.8, 4) is 11.4 Å². The molecule has 0 fully saturated rings. The van der Waals surface area contributed by atoms with E-state index in [1.165, 1.54) is 7.11 Å². The third-order valence-corrected chi connectivity index (χ3v) is 6.54. The van der Waals surface area contributed by atoms with Gasteiger partial charge < -0.3 is 33.5 Å². The predicted molar refractivity (Wildman–Crippen MR) is 135 cm³/mol. The van der Waals surface area contributed by atoms with E-state index in [1.54, 1.807) is 4.68 Å². The number of carbonyl (C=O) groups excluding carboxylic acids is 1. The molecule has 1 amide bonds. The van der Waals surface area contributed by atoms with Gasteiger partial charge in [-0.15, -0.1) is 0 Å². The molecule has 0 spiro atoms. The number of hydrogen-bond acceptors (Lipinski definition) is 10. The Hall–Kier alpha value is -1.77. The highest BCUT2D eigenvalue weighted by atomic mass is 32.5. The average Bonchev–Trinajstić information content (AvgIpc) is 3.28. The monoisotopic (exact) mass is 549 g/mol. The topological polar surface area (TPSA) is 142 Å². The van der Waals surface area contributed by atoms with Crippen LogP contribution in [-0.2, 0) is 35.1 Å². The lowest BCUT2D eigenvalue weighted by Crippen LogP contribution is -2.29. The normalized spacial score (nSPS) is 12.9. The van der Waals surface area contributed by atoms with Crippen LogP contribution in [0.25, 0.3) is 5.69 Å². The number of amides is 1. The Morgan fingerprint density at radius 2 is 1.80 bits per heavy atom. The molecular formula is C20H32N5O7PS2. The first kappa shape index (κ1) is 29.5. The Balaban J connectivity index is 1.38. The second-order valence-corrected chi connectivity index (χ2v) is 10.5. The number of ether oxygens (including phenoxy) is 3. The Morgan fingerprint density at radius 1 is 1.09 bits per heavy atom. The lowest BCUT2D eigenvalue weighted by atomic mass is 10.2. The largest absolute Gasteiger partial charge is 0.491 e. The van der Waals surface area contributed by atoms with Crippen molar-refractivity contribution in [2.45, 2.75) is 25.7 Å². The molecule has 1 atom stereocenters. The minimum Gasteiger partial charge on any atom is -0.491 e. The molecular weight excluding hydrogens is 517 g/mol. The summed E-state index contributed by atoms with van der Waals surface area (Å²) in [6.45, 7) is -0.635. The van der Waals surface area contributed by atoms with Crippen LogP contribution in [0.5, 0.6) is 5.75 Å². The number of aromatic nitrogens is 4. The van der Waals surface area contributed by atoms with Crippen molar-refractivity contribution in [1.82, 2.24) is 25.5 Å². The SMILES string of the molecule is COP(O)(=S)OCCCCCCNC(=O)COCCOCCOc1ccc(-n2[nH]nnc2=S)cc1. The van der Waals surface area contributed by atoms with Crippen molar-refractivity contribution < 1.29 is 32.9 Å². The second kappa shape index (κ2) is 16.8. The van der Waals surface area contributed by atoms with Gasteiger partial charge in [0, 0.05) is 13.7 Å². The molecule has 0 aliphatic rings. The average molecular weight is 550 g/mol. The number of nitrogens with one attached hydrogen (secondary N) is 2. The molecule has 1 aromatic carbocycles. The lowest BCUT2D eigenvalue weighted by molar-refractivity contribution is -0.126. The Labute approximate surface area is 214 Å². The fraction of sp³-hybridized carbons (Fsp3) is 0.600. The van der Waals surface area contributed by atoms with Gasteiger partial charge in [-0.3, -0.25) is 4.79 Å². The van der Waals surface area contributed by atoms with E-state index in [9.17, 15) is 9.69 Å². The molecule has 196 valence electrons. The lowest BCUT2D eigenvalue weighted by Gasteiger charge is -2.12. The first-order chi connectivity index (χ1) is 16.9. The molecule has 0 saturated carbocycles. The molecule has 35 heavy (non-hydrogen) atoms. The van der Waals surface area contributed by atoms with Crippen LogP contribution in [0.1, 0.15) is 25.7 Å². The minimum absolute atomic E-state index is 0.00590. The highest BCUT2D eigenvalue weighted by Gasteiger charge is 2.11. The van der Waals surface area contributed by atoms with Gasteiger partial charge >= 0.3 is 6.72 Å². The number of nitrogens with zero attached hydrogens (tertiary/aromatic N) is 3. The fourth-order valence-corrected chi connectivity index (χ4v) is 3.63. The van der Waals surface area contributed by atoms with Gasteiger partial charge in [-0.1, -0.05) is 23.2 Å². The van der Waals surface area contributed by atoms with Crippen molar-refractivity contribution in [2.24, 2.45) is 0 Å². The summed E-state index contributed by atoms with van der Waals surface area (Å²) in [7, 11) is 1.33. The van der Waals surface area contributed by atoms with Gasteiger partial charge in [0.15, 0.2) is 0 Å². The van der Waals surface area contributed by atoms with Gasteiger partial charge in [-0.2, -0.15) is 5.21 Å². The molecule has 0 bridgehead atoms. The summed E-state index contributed by atoms with van der Waals surface area (Å²) < 4.78 is 28.1. The zero-order valence-corrected chi connectivity index (χ0v) is 22.1. The van der Waals surface area contributed by atoms with Gasteiger partial charge in [0.05, 0.1) is 32.1 Å². The van der Waals surface area contributed by atoms with Gasteiger partial charge in [0.25, 0.3) is 0 Å². The maximum atomic E-state index is 11.7. The smallest absolute Gasteiger partial charge is 0.324 e. The van der Waals surface area contributed by atoms with Crippen LogP contribution < -0.4 is 10.1 Å². The Kier molecular flexibility index (Phi) is 14.2. The summed E-state index contributed by atoms with van der Waals surface area (Å²) in [5, 5.41) is 12.9. The number of aromatic amines is 1. The summed E-state index contributed by atoms with van der Waals surface area (Å²) in [5.74, 6) is 0.544. The minimum atomic E-state index is -3.05. The zero-order valence-electron chi connectivity index (χ0n) is 19.6. The molecule has 0 aliphatic heterocycles. The predicted octanol–water partition coefficient (Wildman–Crippen LogP) is 2.29. The zero-order chi connectivity index (χ0) is 25.4. The van der Waals surface area contributed by atoms with Gasteiger partial charge in [-0.05, 0) is 61.1 Å². The first-order valence-corrected chi connectivity index (χ1v) is 14.1. The molecule has 0 aliphatic carbocycles. The number of hydrogen-bond donors (Lipinski definition) is 3. The Bertz CT molecular complexity index is 973. The molecule has 1 aromatic heterocycles. The fourth-order valence-electron chi connectivity index (χ4n) is 2.75. The van der Waals surface area contributed by atoms with Crippen molar-refractivity contribution >= 4 is 36.7 Å². The quantitative estimate of drug-likeness (QED) is 0.135. The van der Waals surface area contributed by atoms with Crippen LogP contribution in [0.2, 0.25) is 0 Å². The van der Waals surface area contributed by atoms with Crippen LogP contribution in [0, 0.1) is 4.77 Å². The van der Waals surface area contributed by atoms with E-state index < -0.39 is 6.72 Å². The summed E-state index contributed by atoms with van der Waals surface area (Å²) >= 11 is 9.80. The third kappa shape index (κ3) is 12.7. The number of benzene rings is 1. The van der Waals surface area contributed by atoms with Crippen LogP contribution >= 0.6 is 18.9 Å². The number of tetrazole rings is 1. The van der Waals surface area contributed by atoms with Crippen LogP contribution in [0.15, 0.2) is 24.3 Å². The van der Waals surface area contributed by atoms with Crippen molar-refractivity contribution in [3.05, 3.63) is 29.0 Å². The van der Waals surface area contributed by atoms with Crippen molar-refractivity contribution in [2.75, 3.05) is 53.3 Å².